The normalized spacial score (nSPS) is 21.2. The Balaban J connectivity index is 1.53. The molecule has 2 aliphatic heterocycles. The second-order valence-electron chi connectivity index (χ2n) is 6.92. The SMILES string of the molecule is COc1ccc(Cl)cc1N1C(=O)[C@H]2C[C@@H](NC(=O)c3cccnc3)CCN2C1=O. The summed E-state index contributed by atoms with van der Waals surface area (Å²) in [6, 6.07) is 6.88. The highest BCUT2D eigenvalue weighted by Crippen LogP contribution is 2.37. The number of ether oxygens (including phenoxy) is 1. The average molecular weight is 415 g/mol. The molecular formula is C20H19ClN4O4. The van der Waals surface area contributed by atoms with Crippen LogP contribution in [0.5, 0.6) is 5.75 Å². The first kappa shape index (κ1) is 19.2. The van der Waals surface area contributed by atoms with E-state index in [0.29, 0.717) is 41.4 Å². The lowest BCUT2D eigenvalue weighted by molar-refractivity contribution is -0.120. The Bertz CT molecular complexity index is 968. The lowest BCUT2D eigenvalue weighted by Crippen LogP contribution is -2.49. The fraction of sp³-hybridized carbons (Fsp3) is 0.300. The number of hydrogen-bond donors (Lipinski definition) is 1. The van der Waals surface area contributed by atoms with Crippen LogP contribution in [-0.2, 0) is 4.79 Å². The second-order valence-corrected chi connectivity index (χ2v) is 7.35. The van der Waals surface area contributed by atoms with Crippen molar-refractivity contribution in [2.45, 2.75) is 24.9 Å². The van der Waals surface area contributed by atoms with Crippen molar-refractivity contribution < 1.29 is 19.1 Å². The van der Waals surface area contributed by atoms with Gasteiger partial charge in [-0.1, -0.05) is 11.6 Å². The van der Waals surface area contributed by atoms with E-state index in [-0.39, 0.29) is 17.9 Å². The molecule has 1 aromatic carbocycles. The van der Waals surface area contributed by atoms with Gasteiger partial charge in [-0.05, 0) is 43.2 Å². The number of amides is 4. The summed E-state index contributed by atoms with van der Waals surface area (Å²) in [7, 11) is 1.47. The highest BCUT2D eigenvalue weighted by molar-refractivity contribution is 6.31. The number of carbonyl (C=O) groups excluding carboxylic acids is 3. The number of aromatic nitrogens is 1. The van der Waals surface area contributed by atoms with Crippen LogP contribution in [0.3, 0.4) is 0 Å². The number of nitrogens with one attached hydrogen (secondary N) is 1. The molecule has 0 aliphatic carbocycles. The van der Waals surface area contributed by atoms with Crippen LogP contribution in [0.15, 0.2) is 42.7 Å². The minimum Gasteiger partial charge on any atom is -0.495 e. The van der Waals surface area contributed by atoms with Crippen LogP contribution in [-0.4, -0.2) is 53.5 Å². The predicted octanol–water partition coefficient (Wildman–Crippen LogP) is 2.47. The van der Waals surface area contributed by atoms with Crippen molar-refractivity contribution in [2.75, 3.05) is 18.6 Å². The number of benzene rings is 1. The molecule has 2 aromatic rings. The average Bonchev–Trinajstić information content (AvgIpc) is 2.98. The van der Waals surface area contributed by atoms with E-state index in [1.54, 1.807) is 30.5 Å². The minimum atomic E-state index is -0.640. The largest absolute Gasteiger partial charge is 0.495 e. The van der Waals surface area contributed by atoms with Gasteiger partial charge in [-0.3, -0.25) is 14.6 Å². The Kier molecular flexibility index (Phi) is 5.10. The van der Waals surface area contributed by atoms with E-state index in [1.165, 1.54) is 24.3 Å². The summed E-state index contributed by atoms with van der Waals surface area (Å²) in [4.78, 5) is 45.0. The number of urea groups is 1. The molecule has 2 fully saturated rings. The van der Waals surface area contributed by atoms with Gasteiger partial charge in [-0.2, -0.15) is 0 Å². The molecule has 2 atom stereocenters. The summed E-state index contributed by atoms with van der Waals surface area (Å²) >= 11 is 6.07. The first-order chi connectivity index (χ1) is 14.0. The van der Waals surface area contributed by atoms with Crippen LogP contribution in [0.25, 0.3) is 0 Å². The molecule has 4 amide bonds. The number of carbonyl (C=O) groups is 3. The van der Waals surface area contributed by atoms with Crippen molar-refractivity contribution in [2.24, 2.45) is 0 Å². The predicted molar refractivity (Wildman–Crippen MR) is 106 cm³/mol. The fourth-order valence-corrected chi connectivity index (χ4v) is 3.92. The Labute approximate surface area is 172 Å². The molecule has 2 saturated heterocycles. The number of rotatable bonds is 4. The van der Waals surface area contributed by atoms with E-state index in [4.69, 9.17) is 16.3 Å². The first-order valence-electron chi connectivity index (χ1n) is 9.18. The number of halogens is 1. The van der Waals surface area contributed by atoms with Crippen LogP contribution in [0.4, 0.5) is 10.5 Å². The molecular weight excluding hydrogens is 396 g/mol. The molecule has 1 aromatic heterocycles. The maximum absolute atomic E-state index is 13.1. The van der Waals surface area contributed by atoms with Crippen molar-refractivity contribution in [3.05, 3.63) is 53.3 Å². The third kappa shape index (κ3) is 3.51. The van der Waals surface area contributed by atoms with Crippen molar-refractivity contribution in [1.29, 1.82) is 0 Å². The van der Waals surface area contributed by atoms with Crippen molar-refractivity contribution in [3.8, 4) is 5.75 Å². The number of hydrogen-bond acceptors (Lipinski definition) is 5. The van der Waals surface area contributed by atoms with Crippen molar-refractivity contribution in [3.63, 3.8) is 0 Å². The van der Waals surface area contributed by atoms with Gasteiger partial charge in [-0.15, -0.1) is 0 Å². The van der Waals surface area contributed by atoms with E-state index < -0.39 is 12.1 Å². The molecule has 1 N–H and O–H groups in total. The van der Waals surface area contributed by atoms with Gasteiger partial charge in [0.05, 0.1) is 18.4 Å². The van der Waals surface area contributed by atoms with Gasteiger partial charge < -0.3 is 15.0 Å². The first-order valence-corrected chi connectivity index (χ1v) is 9.56. The summed E-state index contributed by atoms with van der Waals surface area (Å²) < 4.78 is 5.30. The number of piperidine rings is 1. The molecule has 3 heterocycles. The summed E-state index contributed by atoms with van der Waals surface area (Å²) in [5.74, 6) is -0.213. The summed E-state index contributed by atoms with van der Waals surface area (Å²) in [5.41, 5.74) is 0.773. The molecule has 29 heavy (non-hydrogen) atoms. The van der Waals surface area contributed by atoms with E-state index >= 15 is 0 Å². The lowest BCUT2D eigenvalue weighted by atomic mass is 9.97. The van der Waals surface area contributed by atoms with Crippen LogP contribution in [0.1, 0.15) is 23.2 Å². The number of fused-ring (bicyclic) bond motifs is 1. The number of imide groups is 1. The summed E-state index contributed by atoms with van der Waals surface area (Å²) in [6.07, 6.45) is 3.98. The van der Waals surface area contributed by atoms with Gasteiger partial charge in [0.2, 0.25) is 0 Å². The Hall–Kier alpha value is -3.13. The number of anilines is 1. The van der Waals surface area contributed by atoms with Gasteiger partial charge in [0.25, 0.3) is 11.8 Å². The molecule has 2 aliphatic rings. The van der Waals surface area contributed by atoms with E-state index in [2.05, 4.69) is 10.3 Å². The highest BCUT2D eigenvalue weighted by atomic mass is 35.5. The maximum Gasteiger partial charge on any atom is 0.332 e. The molecule has 9 heteroatoms. The number of pyridine rings is 1. The zero-order valence-electron chi connectivity index (χ0n) is 15.7. The molecule has 8 nitrogen and oxygen atoms in total. The molecule has 4 rings (SSSR count). The van der Waals surface area contributed by atoms with E-state index in [1.807, 2.05) is 0 Å². The van der Waals surface area contributed by atoms with Gasteiger partial charge >= 0.3 is 6.03 Å². The third-order valence-corrected chi connectivity index (χ3v) is 5.42. The standard InChI is InChI=1S/C20H19ClN4O4/c1-29-17-5-4-13(21)9-15(17)25-19(27)16-10-14(6-8-24(16)20(25)28)23-18(26)12-3-2-7-22-11-12/h2-5,7,9,11,14,16H,6,8,10H2,1H3,(H,23,26)/t14-,16+/m0/s1. The van der Waals surface area contributed by atoms with Crippen LogP contribution in [0.2, 0.25) is 5.02 Å². The Morgan fingerprint density at radius 2 is 2.14 bits per heavy atom. The summed E-state index contributed by atoms with van der Waals surface area (Å²) in [5, 5.41) is 3.33. The third-order valence-electron chi connectivity index (χ3n) is 5.19. The lowest BCUT2D eigenvalue weighted by Gasteiger charge is -2.32. The smallest absolute Gasteiger partial charge is 0.332 e. The zero-order chi connectivity index (χ0) is 20.5. The molecule has 0 spiro atoms. The molecule has 0 unspecified atom stereocenters. The quantitative estimate of drug-likeness (QED) is 0.776. The molecule has 150 valence electrons. The van der Waals surface area contributed by atoms with Gasteiger partial charge in [0.1, 0.15) is 11.8 Å². The highest BCUT2D eigenvalue weighted by Gasteiger charge is 2.49. The monoisotopic (exact) mass is 414 g/mol. The van der Waals surface area contributed by atoms with Crippen LogP contribution < -0.4 is 15.0 Å². The topological polar surface area (TPSA) is 91.8 Å². The van der Waals surface area contributed by atoms with Crippen LogP contribution >= 0.6 is 11.6 Å². The molecule has 0 radical (unpaired) electrons. The van der Waals surface area contributed by atoms with E-state index in [0.717, 1.165) is 4.90 Å². The second kappa shape index (κ2) is 7.71. The Morgan fingerprint density at radius 3 is 2.86 bits per heavy atom. The number of nitrogens with zero attached hydrogens (tertiary/aromatic N) is 3. The minimum absolute atomic E-state index is 0.220. The summed E-state index contributed by atoms with van der Waals surface area (Å²) in [6.45, 7) is 0.368. The van der Waals surface area contributed by atoms with Crippen molar-refractivity contribution in [1.82, 2.24) is 15.2 Å². The van der Waals surface area contributed by atoms with Gasteiger partial charge in [0, 0.05) is 30.0 Å². The van der Waals surface area contributed by atoms with Gasteiger partial charge in [-0.25, -0.2) is 9.69 Å². The maximum atomic E-state index is 13.1. The molecule has 0 saturated carbocycles. The molecule has 0 bridgehead atoms. The zero-order valence-corrected chi connectivity index (χ0v) is 16.4. The van der Waals surface area contributed by atoms with E-state index in [9.17, 15) is 14.4 Å². The van der Waals surface area contributed by atoms with Gasteiger partial charge in [0.15, 0.2) is 0 Å². The number of methoxy groups -OCH3 is 1. The Morgan fingerprint density at radius 1 is 1.31 bits per heavy atom. The van der Waals surface area contributed by atoms with Crippen LogP contribution in [0, 0.1) is 0 Å². The fourth-order valence-electron chi connectivity index (χ4n) is 3.76. The van der Waals surface area contributed by atoms with Crippen molar-refractivity contribution >= 4 is 35.1 Å².